The van der Waals surface area contributed by atoms with Crippen LogP contribution in [0.3, 0.4) is 0 Å². The molecule has 5 unspecified atom stereocenters. The molecule has 0 radical (unpaired) electrons. The highest BCUT2D eigenvalue weighted by molar-refractivity contribution is 4.84. The van der Waals surface area contributed by atoms with Gasteiger partial charge in [0.25, 0.3) is 0 Å². The lowest BCUT2D eigenvalue weighted by molar-refractivity contribution is -0.258. The first-order chi connectivity index (χ1) is 6.11. The third-order valence-electron chi connectivity index (χ3n) is 2.81. The fourth-order valence-electron chi connectivity index (χ4n) is 1.76. The van der Waals surface area contributed by atoms with Crippen LogP contribution in [-0.2, 0) is 9.47 Å². The number of rotatable bonds is 2. The molecule has 0 bridgehead atoms. The van der Waals surface area contributed by atoms with Gasteiger partial charge in [0.2, 0.25) is 0 Å². The van der Waals surface area contributed by atoms with Gasteiger partial charge in [-0.05, 0) is 0 Å². The summed E-state index contributed by atoms with van der Waals surface area (Å²) in [6.07, 6.45) is -1.21. The molecule has 0 aromatic rings. The average molecular weight is 190 g/mol. The predicted molar refractivity (Wildman–Crippen MR) is 47.1 cm³/mol. The molecule has 1 saturated heterocycles. The normalized spacial score (nSPS) is 46.4. The minimum Gasteiger partial charge on any atom is -0.394 e. The largest absolute Gasteiger partial charge is 0.394 e. The maximum Gasteiger partial charge on any atom is 0.162 e. The Labute approximate surface area is 78.5 Å². The molecule has 13 heavy (non-hydrogen) atoms. The third kappa shape index (κ3) is 2.02. The lowest BCUT2D eigenvalue weighted by Crippen LogP contribution is -2.50. The van der Waals surface area contributed by atoms with E-state index in [1.165, 1.54) is 7.11 Å². The van der Waals surface area contributed by atoms with Crippen LogP contribution in [0, 0.1) is 11.8 Å². The average Bonchev–Trinajstić information content (AvgIpc) is 2.15. The van der Waals surface area contributed by atoms with Crippen molar-refractivity contribution in [3.05, 3.63) is 0 Å². The highest BCUT2D eigenvalue weighted by Crippen LogP contribution is 2.29. The summed E-state index contributed by atoms with van der Waals surface area (Å²) in [4.78, 5) is 0. The van der Waals surface area contributed by atoms with Crippen molar-refractivity contribution < 1.29 is 19.7 Å². The molecule has 2 N–H and O–H groups in total. The molecule has 78 valence electrons. The number of hydrogen-bond acceptors (Lipinski definition) is 4. The van der Waals surface area contributed by atoms with Crippen molar-refractivity contribution in [3.63, 3.8) is 0 Å². The van der Waals surface area contributed by atoms with Crippen LogP contribution < -0.4 is 0 Å². The van der Waals surface area contributed by atoms with Gasteiger partial charge in [-0.1, -0.05) is 13.8 Å². The van der Waals surface area contributed by atoms with Crippen molar-refractivity contribution in [3.8, 4) is 0 Å². The molecular formula is C9H18O4. The Morgan fingerprint density at radius 2 is 1.92 bits per heavy atom. The van der Waals surface area contributed by atoms with Crippen molar-refractivity contribution in [2.24, 2.45) is 11.8 Å². The van der Waals surface area contributed by atoms with Crippen LogP contribution in [0.4, 0.5) is 0 Å². The molecule has 4 nitrogen and oxygen atoms in total. The van der Waals surface area contributed by atoms with Gasteiger partial charge in [-0.15, -0.1) is 0 Å². The van der Waals surface area contributed by atoms with Crippen molar-refractivity contribution in [1.82, 2.24) is 0 Å². The molecular weight excluding hydrogens is 172 g/mol. The van der Waals surface area contributed by atoms with Crippen molar-refractivity contribution >= 4 is 0 Å². The zero-order valence-corrected chi connectivity index (χ0v) is 8.30. The van der Waals surface area contributed by atoms with Crippen LogP contribution >= 0.6 is 0 Å². The van der Waals surface area contributed by atoms with E-state index < -0.39 is 12.4 Å². The third-order valence-corrected chi connectivity index (χ3v) is 2.81. The topological polar surface area (TPSA) is 58.9 Å². The predicted octanol–water partition coefficient (Wildman–Crippen LogP) is -0.0169. The van der Waals surface area contributed by atoms with Crippen molar-refractivity contribution in [2.45, 2.75) is 32.3 Å². The second kappa shape index (κ2) is 4.37. The maximum atomic E-state index is 9.78. The smallest absolute Gasteiger partial charge is 0.162 e. The van der Waals surface area contributed by atoms with Crippen molar-refractivity contribution in [2.75, 3.05) is 13.7 Å². The summed E-state index contributed by atoms with van der Waals surface area (Å²) in [5.74, 6) is -0.103. The molecule has 1 rings (SSSR count). The van der Waals surface area contributed by atoms with E-state index >= 15 is 0 Å². The van der Waals surface area contributed by atoms with E-state index in [4.69, 9.17) is 14.6 Å². The molecule has 0 aliphatic carbocycles. The molecule has 0 aromatic carbocycles. The zero-order valence-electron chi connectivity index (χ0n) is 8.30. The Kier molecular flexibility index (Phi) is 3.67. The number of hydrogen-bond donors (Lipinski definition) is 2. The van der Waals surface area contributed by atoms with Gasteiger partial charge in [-0.25, -0.2) is 0 Å². The molecule has 4 heteroatoms. The van der Waals surface area contributed by atoms with Gasteiger partial charge in [0.1, 0.15) is 0 Å². The van der Waals surface area contributed by atoms with E-state index in [9.17, 15) is 5.11 Å². The van der Waals surface area contributed by atoms with E-state index in [1.54, 1.807) is 0 Å². The first-order valence-corrected chi connectivity index (χ1v) is 4.59. The number of aliphatic hydroxyl groups is 2. The first-order valence-electron chi connectivity index (χ1n) is 4.59. The van der Waals surface area contributed by atoms with Gasteiger partial charge in [0, 0.05) is 18.9 Å². The number of ether oxygens (including phenoxy) is 2. The maximum absolute atomic E-state index is 9.78. The Morgan fingerprint density at radius 1 is 1.31 bits per heavy atom. The van der Waals surface area contributed by atoms with E-state index in [2.05, 4.69) is 0 Å². The fraction of sp³-hybridized carbons (Fsp3) is 1.00. The minimum absolute atomic E-state index is 0.0496. The second-order valence-electron chi connectivity index (χ2n) is 3.67. The summed E-state index contributed by atoms with van der Waals surface area (Å²) in [7, 11) is 1.54. The molecule has 1 aliphatic heterocycles. The van der Waals surface area contributed by atoms with Crippen LogP contribution in [0.2, 0.25) is 0 Å². The summed E-state index contributed by atoms with van der Waals surface area (Å²) >= 11 is 0. The van der Waals surface area contributed by atoms with E-state index in [0.29, 0.717) is 0 Å². The molecule has 1 heterocycles. The molecule has 0 aromatic heterocycles. The number of aliphatic hydroxyl groups excluding tert-OH is 2. The molecule has 1 aliphatic rings. The molecule has 0 amide bonds. The standard InChI is InChI=1S/C9H18O4/c1-5-7(4-10)13-9(12-3)6(2)8(5)11/h5-11H,4H2,1-3H3. The molecule has 0 spiro atoms. The monoisotopic (exact) mass is 190 g/mol. The summed E-state index contributed by atoms with van der Waals surface area (Å²) < 4.78 is 10.5. The Bertz CT molecular complexity index is 142. The molecule has 0 saturated carbocycles. The van der Waals surface area contributed by atoms with Crippen LogP contribution in [0.1, 0.15) is 13.8 Å². The fourth-order valence-corrected chi connectivity index (χ4v) is 1.76. The zero-order chi connectivity index (χ0) is 10.0. The Balaban J connectivity index is 2.66. The van der Waals surface area contributed by atoms with Crippen LogP contribution in [0.25, 0.3) is 0 Å². The molecule has 1 fully saturated rings. The van der Waals surface area contributed by atoms with Crippen LogP contribution in [-0.4, -0.2) is 42.4 Å². The summed E-state index contributed by atoms with van der Waals surface area (Å²) in [6.45, 7) is 3.67. The van der Waals surface area contributed by atoms with E-state index in [1.807, 2.05) is 13.8 Å². The highest BCUT2D eigenvalue weighted by Gasteiger charge is 2.40. The Morgan fingerprint density at radius 3 is 2.38 bits per heavy atom. The molecule has 5 atom stereocenters. The SMILES string of the molecule is COC1OC(CO)C(C)C(O)C1C. The lowest BCUT2D eigenvalue weighted by Gasteiger charge is -2.41. The second-order valence-corrected chi connectivity index (χ2v) is 3.67. The quantitative estimate of drug-likeness (QED) is 0.642. The number of methoxy groups -OCH3 is 1. The van der Waals surface area contributed by atoms with Gasteiger partial charge in [0.05, 0.1) is 18.8 Å². The van der Waals surface area contributed by atoms with Gasteiger partial charge in [-0.2, -0.15) is 0 Å². The summed E-state index contributed by atoms with van der Waals surface area (Å²) in [6, 6.07) is 0. The summed E-state index contributed by atoms with van der Waals surface area (Å²) in [5, 5.41) is 18.8. The van der Waals surface area contributed by atoms with E-state index in [-0.39, 0.29) is 24.5 Å². The van der Waals surface area contributed by atoms with Gasteiger partial charge in [-0.3, -0.25) is 0 Å². The van der Waals surface area contributed by atoms with Gasteiger partial charge < -0.3 is 19.7 Å². The highest BCUT2D eigenvalue weighted by atomic mass is 16.7. The van der Waals surface area contributed by atoms with E-state index in [0.717, 1.165) is 0 Å². The van der Waals surface area contributed by atoms with Crippen molar-refractivity contribution in [1.29, 1.82) is 0 Å². The Hall–Kier alpha value is -0.160. The first kappa shape index (κ1) is 10.9. The lowest BCUT2D eigenvalue weighted by atomic mass is 9.86. The van der Waals surface area contributed by atoms with Gasteiger partial charge in [0.15, 0.2) is 6.29 Å². The summed E-state index contributed by atoms with van der Waals surface area (Å²) in [5.41, 5.74) is 0. The van der Waals surface area contributed by atoms with Crippen LogP contribution in [0.5, 0.6) is 0 Å². The van der Waals surface area contributed by atoms with Crippen LogP contribution in [0.15, 0.2) is 0 Å². The minimum atomic E-state index is -0.476. The van der Waals surface area contributed by atoms with Gasteiger partial charge >= 0.3 is 0 Å².